The molecule has 0 unspecified atom stereocenters. The van der Waals surface area contributed by atoms with Crippen LogP contribution in [0.25, 0.3) is 0 Å². The third-order valence-corrected chi connectivity index (χ3v) is 1.80. The minimum absolute atomic E-state index is 0.296. The van der Waals surface area contributed by atoms with Gasteiger partial charge in [0.25, 0.3) is 0 Å². The summed E-state index contributed by atoms with van der Waals surface area (Å²) in [5.41, 5.74) is 0. The van der Waals surface area contributed by atoms with Gasteiger partial charge in [0, 0.05) is 13.1 Å². The fourth-order valence-corrected chi connectivity index (χ4v) is 1.10. The zero-order valence-corrected chi connectivity index (χ0v) is 8.69. The second-order valence-corrected chi connectivity index (χ2v) is 3.20. The van der Waals surface area contributed by atoms with Gasteiger partial charge in [0.2, 0.25) is 0 Å². The van der Waals surface area contributed by atoms with Gasteiger partial charge in [0.15, 0.2) is 0 Å². The molecule has 0 fully saturated rings. The van der Waals surface area contributed by atoms with Gasteiger partial charge in [-0.2, -0.15) is 0 Å². The maximum absolute atomic E-state index is 9.45. The molecular formula is C11H17NO3. The molecule has 1 atom stereocenters. The third kappa shape index (κ3) is 5.37. The van der Waals surface area contributed by atoms with Gasteiger partial charge in [0.1, 0.15) is 12.4 Å². The van der Waals surface area contributed by atoms with Crippen molar-refractivity contribution in [2.75, 3.05) is 19.7 Å². The van der Waals surface area contributed by atoms with Crippen LogP contribution < -0.4 is 5.32 Å². The summed E-state index contributed by atoms with van der Waals surface area (Å²) in [7, 11) is 0. The molecule has 0 saturated carbocycles. The Kier molecular flexibility index (Phi) is 5.77. The molecule has 0 aliphatic rings. The number of aliphatic hydroxyl groups is 1. The van der Waals surface area contributed by atoms with Crippen molar-refractivity contribution < 1.29 is 14.3 Å². The van der Waals surface area contributed by atoms with Crippen LogP contribution in [0.4, 0.5) is 0 Å². The van der Waals surface area contributed by atoms with E-state index >= 15 is 0 Å². The van der Waals surface area contributed by atoms with Crippen molar-refractivity contribution in [2.24, 2.45) is 0 Å². The molecule has 1 aromatic rings. The van der Waals surface area contributed by atoms with E-state index in [1.54, 1.807) is 18.4 Å². The first-order valence-corrected chi connectivity index (χ1v) is 4.92. The molecule has 1 aromatic heterocycles. The van der Waals surface area contributed by atoms with E-state index in [4.69, 9.17) is 9.15 Å². The van der Waals surface area contributed by atoms with Gasteiger partial charge in [-0.05, 0) is 12.1 Å². The molecule has 4 heteroatoms. The minimum Gasteiger partial charge on any atom is -0.467 e. The normalized spacial score (nSPS) is 12.6. The van der Waals surface area contributed by atoms with Crippen LogP contribution in [0.3, 0.4) is 0 Å². The predicted molar refractivity (Wildman–Crippen MR) is 57.4 cm³/mol. The summed E-state index contributed by atoms with van der Waals surface area (Å²) in [6.45, 7) is 5.45. The van der Waals surface area contributed by atoms with Crippen LogP contribution in [-0.4, -0.2) is 30.9 Å². The zero-order chi connectivity index (χ0) is 10.9. The Hall–Kier alpha value is -1.10. The maximum Gasteiger partial charge on any atom is 0.129 e. The van der Waals surface area contributed by atoms with Gasteiger partial charge in [-0.15, -0.1) is 6.58 Å². The molecule has 0 aliphatic heterocycles. The second kappa shape index (κ2) is 7.23. The lowest BCUT2D eigenvalue weighted by atomic mass is 10.3. The van der Waals surface area contributed by atoms with E-state index in [0.717, 1.165) is 5.76 Å². The van der Waals surface area contributed by atoms with Crippen LogP contribution >= 0.6 is 0 Å². The molecular weight excluding hydrogens is 194 g/mol. The first kappa shape index (κ1) is 12.0. The lowest BCUT2D eigenvalue weighted by molar-refractivity contribution is 0.0231. The molecule has 1 rings (SSSR count). The Morgan fingerprint density at radius 2 is 2.53 bits per heavy atom. The van der Waals surface area contributed by atoms with Crippen LogP contribution in [0.1, 0.15) is 5.76 Å². The summed E-state index contributed by atoms with van der Waals surface area (Å²) in [6.07, 6.45) is 2.84. The summed E-state index contributed by atoms with van der Waals surface area (Å²) in [5, 5.41) is 12.5. The molecule has 0 spiro atoms. The average Bonchev–Trinajstić information content (AvgIpc) is 2.71. The highest BCUT2D eigenvalue weighted by Crippen LogP contribution is 2.01. The van der Waals surface area contributed by atoms with E-state index in [-0.39, 0.29) is 0 Å². The van der Waals surface area contributed by atoms with Crippen molar-refractivity contribution in [3.63, 3.8) is 0 Å². The number of rotatable bonds is 8. The van der Waals surface area contributed by atoms with Crippen LogP contribution in [-0.2, 0) is 11.3 Å². The van der Waals surface area contributed by atoms with E-state index in [0.29, 0.717) is 26.3 Å². The number of ether oxygens (including phenoxy) is 1. The molecule has 2 N–H and O–H groups in total. The zero-order valence-electron chi connectivity index (χ0n) is 8.69. The van der Waals surface area contributed by atoms with Crippen LogP contribution in [0.15, 0.2) is 35.5 Å². The summed E-state index contributed by atoms with van der Waals surface area (Å²) < 4.78 is 10.3. The number of hydrogen-bond acceptors (Lipinski definition) is 4. The number of hydrogen-bond donors (Lipinski definition) is 2. The smallest absolute Gasteiger partial charge is 0.129 e. The van der Waals surface area contributed by atoms with E-state index in [9.17, 15) is 5.11 Å². The lowest BCUT2D eigenvalue weighted by Gasteiger charge is -2.10. The van der Waals surface area contributed by atoms with Crippen molar-refractivity contribution >= 4 is 0 Å². The quantitative estimate of drug-likeness (QED) is 0.496. The molecule has 1 heterocycles. The standard InChI is InChI=1S/C11H17NO3/c1-2-5-12-7-10(13)8-14-9-11-4-3-6-15-11/h2-4,6,10,12-13H,1,5,7-9H2/t10-/m1/s1. The molecule has 4 nitrogen and oxygen atoms in total. The third-order valence-electron chi connectivity index (χ3n) is 1.80. The van der Waals surface area contributed by atoms with Crippen molar-refractivity contribution in [2.45, 2.75) is 12.7 Å². The summed E-state index contributed by atoms with van der Waals surface area (Å²) in [4.78, 5) is 0. The monoisotopic (exact) mass is 211 g/mol. The highest BCUT2D eigenvalue weighted by molar-refractivity contribution is 4.96. The topological polar surface area (TPSA) is 54.6 Å². The predicted octanol–water partition coefficient (Wildman–Crippen LogP) is 0.933. The van der Waals surface area contributed by atoms with Gasteiger partial charge >= 0.3 is 0 Å². The van der Waals surface area contributed by atoms with Gasteiger partial charge in [-0.3, -0.25) is 0 Å². The molecule has 0 bridgehead atoms. The Morgan fingerprint density at radius 3 is 3.20 bits per heavy atom. The van der Waals surface area contributed by atoms with E-state index in [2.05, 4.69) is 11.9 Å². The van der Waals surface area contributed by atoms with Gasteiger partial charge in [-0.1, -0.05) is 6.08 Å². The Balaban J connectivity index is 2.01. The largest absolute Gasteiger partial charge is 0.467 e. The number of furan rings is 1. The van der Waals surface area contributed by atoms with Crippen molar-refractivity contribution in [1.29, 1.82) is 0 Å². The lowest BCUT2D eigenvalue weighted by Crippen LogP contribution is -2.30. The van der Waals surface area contributed by atoms with Gasteiger partial charge < -0.3 is 19.6 Å². The van der Waals surface area contributed by atoms with E-state index in [1.165, 1.54) is 0 Å². The second-order valence-electron chi connectivity index (χ2n) is 3.20. The average molecular weight is 211 g/mol. The maximum atomic E-state index is 9.45. The molecule has 84 valence electrons. The van der Waals surface area contributed by atoms with Crippen molar-refractivity contribution in [1.82, 2.24) is 5.32 Å². The fourth-order valence-electron chi connectivity index (χ4n) is 1.10. The molecule has 0 saturated heterocycles. The molecule has 0 aliphatic carbocycles. The molecule has 0 radical (unpaired) electrons. The van der Waals surface area contributed by atoms with E-state index in [1.807, 2.05) is 6.07 Å². The highest BCUT2D eigenvalue weighted by atomic mass is 16.5. The number of aliphatic hydroxyl groups excluding tert-OH is 1. The van der Waals surface area contributed by atoms with E-state index < -0.39 is 6.10 Å². The first-order chi connectivity index (χ1) is 7.33. The molecule has 15 heavy (non-hydrogen) atoms. The Bertz CT molecular complexity index is 259. The summed E-state index contributed by atoms with van der Waals surface area (Å²) in [5.74, 6) is 0.765. The number of nitrogens with one attached hydrogen (secondary N) is 1. The van der Waals surface area contributed by atoms with Crippen molar-refractivity contribution in [3.05, 3.63) is 36.8 Å². The molecule has 0 amide bonds. The Labute approximate surface area is 89.5 Å². The Morgan fingerprint density at radius 1 is 1.67 bits per heavy atom. The van der Waals surface area contributed by atoms with Gasteiger partial charge in [-0.25, -0.2) is 0 Å². The first-order valence-electron chi connectivity index (χ1n) is 4.92. The van der Waals surface area contributed by atoms with Crippen LogP contribution in [0.5, 0.6) is 0 Å². The minimum atomic E-state index is -0.500. The SMILES string of the molecule is C=CCNC[C@@H](O)COCc1ccco1. The summed E-state index contributed by atoms with van der Waals surface area (Å²) in [6, 6.07) is 3.64. The molecule has 0 aromatic carbocycles. The van der Waals surface area contributed by atoms with Gasteiger partial charge in [0.05, 0.1) is 19.0 Å². The van der Waals surface area contributed by atoms with Crippen molar-refractivity contribution in [3.8, 4) is 0 Å². The fraction of sp³-hybridized carbons (Fsp3) is 0.455. The summed E-state index contributed by atoms with van der Waals surface area (Å²) >= 11 is 0. The highest BCUT2D eigenvalue weighted by Gasteiger charge is 2.03. The van der Waals surface area contributed by atoms with Crippen LogP contribution in [0.2, 0.25) is 0 Å². The van der Waals surface area contributed by atoms with Crippen LogP contribution in [0, 0.1) is 0 Å².